The monoisotopic (exact) mass is 196 g/mol. The second-order valence-electron chi connectivity index (χ2n) is 2.83. The highest BCUT2D eigenvalue weighted by Gasteiger charge is 2.04. The molecular formula is C8H9ClN4. The Labute approximate surface area is 80.5 Å². The van der Waals surface area contributed by atoms with E-state index in [1.165, 1.54) is 0 Å². The van der Waals surface area contributed by atoms with Crippen molar-refractivity contribution in [2.45, 2.75) is 19.8 Å². The number of aromatic nitrogens is 4. The molecule has 2 rings (SSSR count). The molecule has 2 aromatic heterocycles. The fraction of sp³-hybridized carbons (Fsp3) is 0.375. The van der Waals surface area contributed by atoms with Gasteiger partial charge < -0.3 is 0 Å². The zero-order valence-corrected chi connectivity index (χ0v) is 7.99. The molecule has 2 aromatic rings. The first-order chi connectivity index (χ1) is 6.31. The Kier molecular flexibility index (Phi) is 2.14. The molecule has 0 aromatic carbocycles. The smallest absolute Gasteiger partial charge is 0.196 e. The highest BCUT2D eigenvalue weighted by atomic mass is 35.5. The van der Waals surface area contributed by atoms with Gasteiger partial charge in [-0.1, -0.05) is 24.9 Å². The Morgan fingerprint density at radius 3 is 3.15 bits per heavy atom. The third kappa shape index (κ3) is 1.49. The zero-order chi connectivity index (χ0) is 9.26. The van der Waals surface area contributed by atoms with E-state index in [0.717, 1.165) is 18.5 Å². The van der Waals surface area contributed by atoms with Crippen LogP contribution < -0.4 is 0 Å². The molecule has 0 aliphatic carbocycles. The summed E-state index contributed by atoms with van der Waals surface area (Å²) < 4.78 is 1.60. The van der Waals surface area contributed by atoms with E-state index >= 15 is 0 Å². The molecule has 0 saturated heterocycles. The molecule has 0 aliphatic rings. The molecule has 0 saturated carbocycles. The lowest BCUT2D eigenvalue weighted by molar-refractivity contribution is 0.807. The van der Waals surface area contributed by atoms with Gasteiger partial charge in [-0.2, -0.15) is 9.61 Å². The number of hydrogen-bond donors (Lipinski definition) is 0. The quantitative estimate of drug-likeness (QED) is 0.735. The fourth-order valence-corrected chi connectivity index (χ4v) is 1.47. The summed E-state index contributed by atoms with van der Waals surface area (Å²) in [4.78, 5) is 0. The van der Waals surface area contributed by atoms with Crippen molar-refractivity contribution in [2.24, 2.45) is 0 Å². The second-order valence-corrected chi connectivity index (χ2v) is 3.24. The first-order valence-electron chi connectivity index (χ1n) is 4.16. The number of fused-ring (bicyclic) bond motifs is 1. The van der Waals surface area contributed by atoms with Crippen LogP contribution in [0.4, 0.5) is 0 Å². The number of rotatable bonds is 2. The van der Waals surface area contributed by atoms with Crippen LogP contribution in [0, 0.1) is 0 Å². The minimum Gasteiger partial charge on any atom is -0.199 e. The summed E-state index contributed by atoms with van der Waals surface area (Å²) in [6.45, 7) is 2.10. The molecule has 68 valence electrons. The summed E-state index contributed by atoms with van der Waals surface area (Å²) >= 11 is 5.98. The maximum absolute atomic E-state index is 5.98. The van der Waals surface area contributed by atoms with Crippen molar-refractivity contribution in [1.82, 2.24) is 19.8 Å². The van der Waals surface area contributed by atoms with E-state index < -0.39 is 0 Å². The van der Waals surface area contributed by atoms with Crippen molar-refractivity contribution < 1.29 is 0 Å². The second kappa shape index (κ2) is 3.30. The Bertz CT molecular complexity index is 423. The van der Waals surface area contributed by atoms with Gasteiger partial charge in [0.2, 0.25) is 0 Å². The van der Waals surface area contributed by atoms with Crippen LogP contribution in [0.3, 0.4) is 0 Å². The molecule has 0 N–H and O–H groups in total. The van der Waals surface area contributed by atoms with Gasteiger partial charge in [0, 0.05) is 0 Å². The van der Waals surface area contributed by atoms with E-state index in [-0.39, 0.29) is 0 Å². The minimum atomic E-state index is 0.607. The van der Waals surface area contributed by atoms with E-state index in [1.807, 2.05) is 6.07 Å². The molecule has 0 radical (unpaired) electrons. The van der Waals surface area contributed by atoms with Crippen molar-refractivity contribution in [3.8, 4) is 0 Å². The first-order valence-corrected chi connectivity index (χ1v) is 4.54. The van der Waals surface area contributed by atoms with Crippen LogP contribution in [0.25, 0.3) is 5.65 Å². The Morgan fingerprint density at radius 2 is 2.38 bits per heavy atom. The topological polar surface area (TPSA) is 43.1 Å². The van der Waals surface area contributed by atoms with Gasteiger partial charge in [-0.3, -0.25) is 0 Å². The fourth-order valence-electron chi connectivity index (χ4n) is 1.22. The van der Waals surface area contributed by atoms with Gasteiger partial charge in [0.05, 0.1) is 10.7 Å². The lowest BCUT2D eigenvalue weighted by Gasteiger charge is -1.99. The number of nitrogens with zero attached hydrogens (tertiary/aromatic N) is 4. The van der Waals surface area contributed by atoms with Crippen molar-refractivity contribution in [2.75, 3.05) is 0 Å². The summed E-state index contributed by atoms with van der Waals surface area (Å²) in [6, 6.07) is 1.84. The van der Waals surface area contributed by atoms with Gasteiger partial charge in [-0.15, -0.1) is 10.2 Å². The summed E-state index contributed by atoms with van der Waals surface area (Å²) in [5.74, 6) is 0. The molecule has 2 heterocycles. The van der Waals surface area contributed by atoms with Gasteiger partial charge in [-0.05, 0) is 12.5 Å². The maximum atomic E-state index is 5.98. The number of halogens is 1. The van der Waals surface area contributed by atoms with Gasteiger partial charge in [0.1, 0.15) is 6.33 Å². The highest BCUT2D eigenvalue weighted by Crippen LogP contribution is 2.15. The number of aryl methyl sites for hydroxylation is 1. The van der Waals surface area contributed by atoms with E-state index in [4.69, 9.17) is 11.6 Å². The molecule has 0 unspecified atom stereocenters. The minimum absolute atomic E-state index is 0.607. The van der Waals surface area contributed by atoms with E-state index in [0.29, 0.717) is 10.7 Å². The predicted octanol–water partition coefficient (Wildman–Crippen LogP) is 1.73. The van der Waals surface area contributed by atoms with Gasteiger partial charge in [0.25, 0.3) is 0 Å². The lowest BCUT2D eigenvalue weighted by atomic mass is 10.2. The molecule has 0 atom stereocenters. The third-order valence-corrected chi connectivity index (χ3v) is 2.06. The van der Waals surface area contributed by atoms with Crippen LogP contribution in [0.5, 0.6) is 0 Å². The molecule has 4 nitrogen and oxygen atoms in total. The number of hydrogen-bond acceptors (Lipinski definition) is 3. The Hall–Kier alpha value is -1.16. The summed E-state index contributed by atoms with van der Waals surface area (Å²) in [7, 11) is 0. The van der Waals surface area contributed by atoms with Crippen LogP contribution in [-0.2, 0) is 6.42 Å². The molecule has 0 fully saturated rings. The van der Waals surface area contributed by atoms with Crippen LogP contribution in [0.2, 0.25) is 5.02 Å². The standard InChI is InChI=1S/C8H9ClN4/c1-2-3-6-4-7(9)8-11-10-5-13(8)12-6/h4-5H,2-3H2,1H3. The van der Waals surface area contributed by atoms with Gasteiger partial charge in [0.15, 0.2) is 5.65 Å². The van der Waals surface area contributed by atoms with Crippen LogP contribution >= 0.6 is 11.6 Å². The Balaban J connectivity index is 2.56. The maximum Gasteiger partial charge on any atom is 0.196 e. The lowest BCUT2D eigenvalue weighted by Crippen LogP contribution is -1.97. The molecule has 0 spiro atoms. The molecule has 5 heteroatoms. The van der Waals surface area contributed by atoms with Gasteiger partial charge in [-0.25, -0.2) is 0 Å². The molecular weight excluding hydrogens is 188 g/mol. The normalized spacial score (nSPS) is 10.9. The molecule has 0 amide bonds. The largest absolute Gasteiger partial charge is 0.199 e. The van der Waals surface area contributed by atoms with Crippen LogP contribution in [0.1, 0.15) is 19.0 Å². The SMILES string of the molecule is CCCc1cc(Cl)c2nncn2n1. The average Bonchev–Trinajstić information content (AvgIpc) is 2.53. The predicted molar refractivity (Wildman–Crippen MR) is 49.8 cm³/mol. The summed E-state index contributed by atoms with van der Waals surface area (Å²) in [5.41, 5.74) is 1.58. The van der Waals surface area contributed by atoms with Crippen LogP contribution in [-0.4, -0.2) is 19.8 Å². The van der Waals surface area contributed by atoms with Crippen molar-refractivity contribution in [3.63, 3.8) is 0 Å². The molecule has 0 aliphatic heterocycles. The summed E-state index contributed by atoms with van der Waals surface area (Å²) in [6.07, 6.45) is 3.53. The van der Waals surface area contributed by atoms with Crippen LogP contribution in [0.15, 0.2) is 12.4 Å². The third-order valence-electron chi connectivity index (χ3n) is 1.78. The van der Waals surface area contributed by atoms with Crippen molar-refractivity contribution in [1.29, 1.82) is 0 Å². The van der Waals surface area contributed by atoms with Crippen molar-refractivity contribution >= 4 is 17.2 Å². The van der Waals surface area contributed by atoms with E-state index in [1.54, 1.807) is 10.8 Å². The molecule has 13 heavy (non-hydrogen) atoms. The average molecular weight is 197 g/mol. The van der Waals surface area contributed by atoms with Crippen molar-refractivity contribution in [3.05, 3.63) is 23.1 Å². The highest BCUT2D eigenvalue weighted by molar-refractivity contribution is 6.33. The summed E-state index contributed by atoms with van der Waals surface area (Å²) in [5, 5.41) is 12.5. The Morgan fingerprint density at radius 1 is 1.54 bits per heavy atom. The zero-order valence-electron chi connectivity index (χ0n) is 7.24. The van der Waals surface area contributed by atoms with Gasteiger partial charge >= 0.3 is 0 Å². The molecule has 0 bridgehead atoms. The van der Waals surface area contributed by atoms with E-state index in [2.05, 4.69) is 22.2 Å². The van der Waals surface area contributed by atoms with E-state index in [9.17, 15) is 0 Å². The first kappa shape index (κ1) is 8.44.